The van der Waals surface area contributed by atoms with E-state index in [1.807, 2.05) is 19.1 Å². The van der Waals surface area contributed by atoms with Crippen molar-refractivity contribution in [2.75, 3.05) is 46.1 Å². The minimum Gasteiger partial charge on any atom is -0.386 e. The van der Waals surface area contributed by atoms with Crippen molar-refractivity contribution in [2.24, 2.45) is 10.9 Å². The van der Waals surface area contributed by atoms with Crippen LogP contribution < -0.4 is 10.6 Å². The minimum atomic E-state index is -0.592. The largest absolute Gasteiger partial charge is 0.386 e. The standard InChI is InChI=1S/C22H33N3O3S.HI/c1-2-23-22(24-10-5-11-28-16-17-8-12-27-13-9-17)25-15-19(26)21-14-18-6-3-4-7-20(18)29-21;/h3-4,6-7,14,17,19,26H,2,5,8-13,15-16H2,1H3,(H2,23,24,25);1H. The van der Waals surface area contributed by atoms with Gasteiger partial charge < -0.3 is 25.2 Å². The lowest BCUT2D eigenvalue weighted by molar-refractivity contribution is 0.0203. The smallest absolute Gasteiger partial charge is 0.191 e. The first-order chi connectivity index (χ1) is 14.3. The Bertz CT molecular complexity index is 732. The lowest BCUT2D eigenvalue weighted by Crippen LogP contribution is -2.38. The Labute approximate surface area is 200 Å². The molecule has 1 aliphatic rings. The van der Waals surface area contributed by atoms with Gasteiger partial charge in [0.25, 0.3) is 0 Å². The molecule has 3 N–H and O–H groups in total. The lowest BCUT2D eigenvalue weighted by Gasteiger charge is -2.21. The zero-order valence-corrected chi connectivity index (χ0v) is 20.8. The number of aliphatic imine (C=N–C) groups is 1. The molecular weight excluding hydrogens is 513 g/mol. The van der Waals surface area contributed by atoms with Crippen LogP contribution in [-0.2, 0) is 9.47 Å². The second kappa shape index (κ2) is 14.2. The molecule has 0 bridgehead atoms. The predicted octanol–water partition coefficient (Wildman–Crippen LogP) is 3.94. The van der Waals surface area contributed by atoms with Gasteiger partial charge in [0, 0.05) is 49.1 Å². The summed E-state index contributed by atoms with van der Waals surface area (Å²) in [5, 5.41) is 18.2. The molecule has 0 radical (unpaired) electrons. The molecule has 6 nitrogen and oxygen atoms in total. The molecule has 0 aliphatic carbocycles. The highest BCUT2D eigenvalue weighted by molar-refractivity contribution is 14.0. The highest BCUT2D eigenvalue weighted by Gasteiger charge is 2.13. The van der Waals surface area contributed by atoms with Gasteiger partial charge in [-0.3, -0.25) is 4.99 Å². The van der Waals surface area contributed by atoms with Gasteiger partial charge in [-0.1, -0.05) is 18.2 Å². The number of fused-ring (bicyclic) bond motifs is 1. The van der Waals surface area contributed by atoms with Crippen molar-refractivity contribution in [3.8, 4) is 0 Å². The SMILES string of the molecule is CCNC(=NCC(O)c1cc2ccccc2s1)NCCCOCC1CCOCC1.I. The van der Waals surface area contributed by atoms with E-state index in [2.05, 4.69) is 33.8 Å². The fourth-order valence-electron chi connectivity index (χ4n) is 3.32. The van der Waals surface area contributed by atoms with Gasteiger partial charge in [-0.25, -0.2) is 0 Å². The van der Waals surface area contributed by atoms with Crippen LogP contribution in [0.2, 0.25) is 0 Å². The molecule has 1 fully saturated rings. The highest BCUT2D eigenvalue weighted by Crippen LogP contribution is 2.29. The molecule has 30 heavy (non-hydrogen) atoms. The van der Waals surface area contributed by atoms with E-state index >= 15 is 0 Å². The summed E-state index contributed by atoms with van der Waals surface area (Å²) in [4.78, 5) is 5.50. The first kappa shape index (κ1) is 25.3. The summed E-state index contributed by atoms with van der Waals surface area (Å²) in [5.41, 5.74) is 0. The average molecular weight is 548 g/mol. The number of aliphatic hydroxyl groups excluding tert-OH is 1. The fraction of sp³-hybridized carbons (Fsp3) is 0.591. The monoisotopic (exact) mass is 547 g/mol. The normalized spacial score (nSPS) is 16.3. The van der Waals surface area contributed by atoms with Gasteiger partial charge in [0.2, 0.25) is 0 Å². The number of thiophene rings is 1. The van der Waals surface area contributed by atoms with Gasteiger partial charge in [-0.2, -0.15) is 0 Å². The number of nitrogens with zero attached hydrogens (tertiary/aromatic N) is 1. The molecule has 1 atom stereocenters. The van der Waals surface area contributed by atoms with Crippen LogP contribution >= 0.6 is 35.3 Å². The second-order valence-corrected chi connectivity index (χ2v) is 8.45. The molecule has 1 aromatic heterocycles. The maximum Gasteiger partial charge on any atom is 0.191 e. The third-order valence-corrected chi connectivity index (χ3v) is 6.21. The molecule has 8 heteroatoms. The molecule has 1 saturated heterocycles. The number of aliphatic hydroxyl groups is 1. The zero-order chi connectivity index (χ0) is 20.3. The number of benzene rings is 1. The molecule has 0 spiro atoms. The third kappa shape index (κ3) is 8.30. The van der Waals surface area contributed by atoms with E-state index in [0.717, 1.165) is 69.6 Å². The molecule has 1 aliphatic heterocycles. The van der Waals surface area contributed by atoms with E-state index in [1.165, 1.54) is 10.1 Å². The summed E-state index contributed by atoms with van der Waals surface area (Å²) in [5.74, 6) is 1.38. The number of ether oxygens (including phenoxy) is 2. The Morgan fingerprint density at radius 3 is 2.87 bits per heavy atom. The van der Waals surface area contributed by atoms with E-state index < -0.39 is 6.10 Å². The first-order valence-corrected chi connectivity index (χ1v) is 11.4. The molecule has 168 valence electrons. The zero-order valence-electron chi connectivity index (χ0n) is 17.6. The maximum atomic E-state index is 10.5. The lowest BCUT2D eigenvalue weighted by atomic mass is 10.0. The molecule has 1 aromatic carbocycles. The Balaban J connectivity index is 0.00000320. The first-order valence-electron chi connectivity index (χ1n) is 10.6. The number of nitrogens with one attached hydrogen (secondary N) is 2. The minimum absolute atomic E-state index is 0. The van der Waals surface area contributed by atoms with Crippen LogP contribution in [0.1, 0.15) is 37.2 Å². The average Bonchev–Trinajstić information content (AvgIpc) is 3.19. The Hall–Kier alpha value is -0.940. The van der Waals surface area contributed by atoms with Gasteiger partial charge in [-0.15, -0.1) is 35.3 Å². The van der Waals surface area contributed by atoms with E-state index in [4.69, 9.17) is 9.47 Å². The van der Waals surface area contributed by atoms with Crippen LogP contribution in [0.25, 0.3) is 10.1 Å². The number of halogens is 1. The number of hydrogen-bond donors (Lipinski definition) is 3. The van der Waals surface area contributed by atoms with Crippen molar-refractivity contribution in [3.63, 3.8) is 0 Å². The molecule has 0 amide bonds. The molecule has 3 rings (SSSR count). The Kier molecular flexibility index (Phi) is 12.0. The van der Waals surface area contributed by atoms with E-state index in [0.29, 0.717) is 12.5 Å². The van der Waals surface area contributed by atoms with E-state index in [9.17, 15) is 5.11 Å². The van der Waals surface area contributed by atoms with Gasteiger partial charge in [0.05, 0.1) is 6.54 Å². The highest BCUT2D eigenvalue weighted by atomic mass is 127. The quantitative estimate of drug-likeness (QED) is 0.182. The summed E-state index contributed by atoms with van der Waals surface area (Å²) in [6.07, 6.45) is 2.55. The Morgan fingerprint density at radius 1 is 1.30 bits per heavy atom. The van der Waals surface area contributed by atoms with Crippen LogP contribution in [0.4, 0.5) is 0 Å². The van der Waals surface area contributed by atoms with Crippen molar-refractivity contribution in [1.82, 2.24) is 10.6 Å². The summed E-state index contributed by atoms with van der Waals surface area (Å²) >= 11 is 1.62. The molecule has 0 saturated carbocycles. The van der Waals surface area contributed by atoms with Gasteiger partial charge >= 0.3 is 0 Å². The number of guanidine groups is 1. The molecule has 1 unspecified atom stereocenters. The van der Waals surface area contributed by atoms with Crippen LogP contribution in [-0.4, -0.2) is 57.1 Å². The number of hydrogen-bond acceptors (Lipinski definition) is 5. The van der Waals surface area contributed by atoms with Crippen LogP contribution in [0.15, 0.2) is 35.3 Å². The third-order valence-electron chi connectivity index (χ3n) is 4.99. The molecule has 2 heterocycles. The van der Waals surface area contributed by atoms with Gasteiger partial charge in [-0.05, 0) is 49.6 Å². The summed E-state index contributed by atoms with van der Waals surface area (Å²) in [6, 6.07) is 10.2. The molecular formula is C22H34IN3O3S. The second-order valence-electron chi connectivity index (χ2n) is 7.33. The number of rotatable bonds is 10. The van der Waals surface area contributed by atoms with Crippen LogP contribution in [0, 0.1) is 5.92 Å². The van der Waals surface area contributed by atoms with E-state index in [1.54, 1.807) is 11.3 Å². The fourth-order valence-corrected chi connectivity index (χ4v) is 4.36. The van der Waals surface area contributed by atoms with E-state index in [-0.39, 0.29) is 24.0 Å². The Morgan fingerprint density at radius 2 is 2.10 bits per heavy atom. The predicted molar refractivity (Wildman–Crippen MR) is 135 cm³/mol. The van der Waals surface area contributed by atoms with Crippen molar-refractivity contribution in [1.29, 1.82) is 0 Å². The van der Waals surface area contributed by atoms with Crippen molar-refractivity contribution < 1.29 is 14.6 Å². The molecule has 2 aromatic rings. The maximum absolute atomic E-state index is 10.5. The summed E-state index contributed by atoms with van der Waals surface area (Å²) in [6.45, 7) is 7.26. The summed E-state index contributed by atoms with van der Waals surface area (Å²) < 4.78 is 12.4. The topological polar surface area (TPSA) is 75.1 Å². The summed E-state index contributed by atoms with van der Waals surface area (Å²) in [7, 11) is 0. The van der Waals surface area contributed by atoms with Crippen molar-refractivity contribution in [2.45, 2.75) is 32.3 Å². The van der Waals surface area contributed by atoms with Crippen molar-refractivity contribution in [3.05, 3.63) is 35.2 Å². The van der Waals surface area contributed by atoms with Gasteiger partial charge in [0.1, 0.15) is 6.10 Å². The van der Waals surface area contributed by atoms with Crippen LogP contribution in [0.3, 0.4) is 0 Å². The van der Waals surface area contributed by atoms with Crippen molar-refractivity contribution >= 4 is 51.4 Å². The van der Waals surface area contributed by atoms with Crippen LogP contribution in [0.5, 0.6) is 0 Å². The van der Waals surface area contributed by atoms with Gasteiger partial charge in [0.15, 0.2) is 5.96 Å².